The number of rotatable bonds is 5. The fourth-order valence-electron chi connectivity index (χ4n) is 3.11. The van der Waals surface area contributed by atoms with Crippen LogP contribution in [0.5, 0.6) is 5.75 Å². The van der Waals surface area contributed by atoms with Crippen molar-refractivity contribution in [3.63, 3.8) is 0 Å². The van der Waals surface area contributed by atoms with Crippen LogP contribution in [0.4, 0.5) is 0 Å². The van der Waals surface area contributed by atoms with Crippen LogP contribution < -0.4 is 15.4 Å². The van der Waals surface area contributed by atoms with E-state index >= 15 is 0 Å². The summed E-state index contributed by atoms with van der Waals surface area (Å²) in [5.74, 6) is 1.77. The number of fused-ring (bicyclic) bond motifs is 1. The number of benzene rings is 1. The predicted octanol–water partition coefficient (Wildman–Crippen LogP) is 2.74. The lowest BCUT2D eigenvalue weighted by molar-refractivity contribution is 0.0694. The van der Waals surface area contributed by atoms with Gasteiger partial charge in [0.1, 0.15) is 11.4 Å². The number of aliphatic imine (C=N–C) groups is 1. The maximum absolute atomic E-state index is 6.11. The minimum absolute atomic E-state index is 0.169. The minimum Gasteiger partial charge on any atom is -0.487 e. The molecule has 0 radical (unpaired) electrons. The topological polar surface area (TPSA) is 63.5 Å². The average molecular weight is 341 g/mol. The minimum atomic E-state index is -0.210. The van der Waals surface area contributed by atoms with Crippen molar-refractivity contribution in [2.24, 2.45) is 4.99 Å². The molecule has 0 spiro atoms. The van der Waals surface area contributed by atoms with Gasteiger partial charge in [-0.05, 0) is 32.9 Å². The molecule has 134 valence electrons. The Morgan fingerprint density at radius 1 is 1.36 bits per heavy atom. The van der Waals surface area contributed by atoms with E-state index in [9.17, 15) is 0 Å². The number of aromatic nitrogens is 2. The average Bonchev–Trinajstić information content (AvgIpc) is 3.07. The van der Waals surface area contributed by atoms with Crippen LogP contribution in [0.15, 0.2) is 47.7 Å². The first-order valence-corrected chi connectivity index (χ1v) is 8.87. The quantitative estimate of drug-likeness (QED) is 0.648. The molecule has 2 N–H and O–H groups in total. The Kier molecular flexibility index (Phi) is 5.26. The third kappa shape index (κ3) is 4.53. The first-order valence-electron chi connectivity index (χ1n) is 8.87. The summed E-state index contributed by atoms with van der Waals surface area (Å²) >= 11 is 0. The van der Waals surface area contributed by atoms with Gasteiger partial charge in [0.2, 0.25) is 0 Å². The number of nitrogens with zero attached hydrogens (tertiary/aromatic N) is 3. The zero-order valence-corrected chi connectivity index (χ0v) is 15.2. The molecule has 0 saturated heterocycles. The lowest BCUT2D eigenvalue weighted by Gasteiger charge is -2.38. The summed E-state index contributed by atoms with van der Waals surface area (Å²) in [6.07, 6.45) is 4.62. The van der Waals surface area contributed by atoms with Crippen molar-refractivity contribution < 1.29 is 4.74 Å². The lowest BCUT2D eigenvalue weighted by atomic mass is 9.90. The Morgan fingerprint density at radius 2 is 2.20 bits per heavy atom. The Labute approximate surface area is 149 Å². The fraction of sp³-hybridized carbons (Fsp3) is 0.474. The van der Waals surface area contributed by atoms with Gasteiger partial charge in [-0.1, -0.05) is 18.2 Å². The molecular formula is C19H27N5O. The molecule has 6 heteroatoms. The molecule has 0 bridgehead atoms. The van der Waals surface area contributed by atoms with Gasteiger partial charge in [0.05, 0.1) is 19.1 Å². The summed E-state index contributed by atoms with van der Waals surface area (Å²) in [7, 11) is 0. The van der Waals surface area contributed by atoms with Crippen molar-refractivity contribution in [3.05, 3.63) is 48.3 Å². The van der Waals surface area contributed by atoms with E-state index in [1.165, 1.54) is 5.56 Å². The summed E-state index contributed by atoms with van der Waals surface area (Å²) < 4.78 is 8.00. The molecule has 3 rings (SSSR count). The maximum Gasteiger partial charge on any atom is 0.191 e. The Bertz CT molecular complexity index is 708. The Balaban J connectivity index is 1.72. The van der Waals surface area contributed by atoms with Crippen molar-refractivity contribution in [1.29, 1.82) is 0 Å². The molecule has 1 aromatic carbocycles. The molecule has 1 unspecified atom stereocenters. The summed E-state index contributed by atoms with van der Waals surface area (Å²) in [5, 5.41) is 11.1. The van der Waals surface area contributed by atoms with Crippen LogP contribution in [0.3, 0.4) is 0 Å². The molecular weight excluding hydrogens is 314 g/mol. The van der Waals surface area contributed by atoms with Crippen LogP contribution in [-0.4, -0.2) is 34.4 Å². The zero-order chi connectivity index (χ0) is 17.7. The van der Waals surface area contributed by atoms with E-state index in [1.54, 1.807) is 6.20 Å². The van der Waals surface area contributed by atoms with Gasteiger partial charge in [-0.2, -0.15) is 5.10 Å². The van der Waals surface area contributed by atoms with Crippen LogP contribution in [0, 0.1) is 0 Å². The van der Waals surface area contributed by atoms with Gasteiger partial charge in [0, 0.05) is 30.9 Å². The van der Waals surface area contributed by atoms with E-state index in [-0.39, 0.29) is 11.6 Å². The summed E-state index contributed by atoms with van der Waals surface area (Å²) in [6.45, 7) is 8.58. The summed E-state index contributed by atoms with van der Waals surface area (Å²) in [4.78, 5) is 4.70. The third-order valence-corrected chi connectivity index (χ3v) is 4.19. The molecule has 6 nitrogen and oxygen atoms in total. The molecule has 25 heavy (non-hydrogen) atoms. The highest BCUT2D eigenvalue weighted by atomic mass is 16.5. The lowest BCUT2D eigenvalue weighted by Crippen LogP contribution is -2.45. The van der Waals surface area contributed by atoms with E-state index in [0.29, 0.717) is 6.54 Å². The number of para-hydroxylation sites is 1. The van der Waals surface area contributed by atoms with Gasteiger partial charge in [0.15, 0.2) is 5.96 Å². The standard InChI is InChI=1S/C19H27N5O/c1-4-20-18(21-11-13-24-12-7-10-22-24)23-16-14-19(2,3)25-17-9-6-5-8-15(16)17/h5-10,12,16H,4,11,13-14H2,1-3H3,(H2,20,21,23). The highest BCUT2D eigenvalue weighted by Crippen LogP contribution is 2.39. The van der Waals surface area contributed by atoms with Gasteiger partial charge in [-0.15, -0.1) is 0 Å². The Hall–Kier alpha value is -2.50. The third-order valence-electron chi connectivity index (χ3n) is 4.19. The number of ether oxygens (including phenoxy) is 1. The van der Waals surface area contributed by atoms with Gasteiger partial charge < -0.3 is 15.4 Å². The van der Waals surface area contributed by atoms with Crippen molar-refractivity contribution in [3.8, 4) is 5.75 Å². The Morgan fingerprint density at radius 3 is 2.96 bits per heavy atom. The van der Waals surface area contributed by atoms with Gasteiger partial charge in [-0.25, -0.2) is 0 Å². The van der Waals surface area contributed by atoms with Crippen molar-refractivity contribution in [2.75, 3.05) is 13.1 Å². The van der Waals surface area contributed by atoms with Crippen LogP contribution >= 0.6 is 0 Å². The molecule has 1 aliphatic heterocycles. The SMILES string of the molecule is CCNC(=NCCn1cccn1)NC1CC(C)(C)Oc2ccccc21. The normalized spacial score (nSPS) is 19.0. The van der Waals surface area contributed by atoms with Crippen molar-refractivity contribution in [2.45, 2.75) is 45.4 Å². The highest BCUT2D eigenvalue weighted by molar-refractivity contribution is 5.80. The van der Waals surface area contributed by atoms with Crippen LogP contribution in [-0.2, 0) is 6.54 Å². The molecule has 0 amide bonds. The van der Waals surface area contributed by atoms with Crippen molar-refractivity contribution in [1.82, 2.24) is 20.4 Å². The summed E-state index contributed by atoms with van der Waals surface area (Å²) in [6, 6.07) is 10.3. The van der Waals surface area contributed by atoms with E-state index in [0.717, 1.165) is 31.2 Å². The molecule has 1 atom stereocenters. The van der Waals surface area contributed by atoms with Crippen molar-refractivity contribution >= 4 is 5.96 Å². The van der Waals surface area contributed by atoms with Gasteiger partial charge in [0.25, 0.3) is 0 Å². The van der Waals surface area contributed by atoms with E-state index in [2.05, 4.69) is 48.6 Å². The molecule has 2 heterocycles. The first-order chi connectivity index (χ1) is 12.1. The molecule has 0 fully saturated rings. The first kappa shape index (κ1) is 17.3. The second-order valence-electron chi connectivity index (χ2n) is 6.83. The highest BCUT2D eigenvalue weighted by Gasteiger charge is 2.33. The molecule has 1 aliphatic rings. The smallest absolute Gasteiger partial charge is 0.191 e. The van der Waals surface area contributed by atoms with E-state index in [4.69, 9.17) is 9.73 Å². The number of hydrogen-bond donors (Lipinski definition) is 2. The second kappa shape index (κ2) is 7.59. The fourth-order valence-corrected chi connectivity index (χ4v) is 3.11. The molecule has 2 aromatic rings. The molecule has 0 saturated carbocycles. The maximum atomic E-state index is 6.11. The van der Waals surface area contributed by atoms with Gasteiger partial charge >= 0.3 is 0 Å². The molecule has 0 aliphatic carbocycles. The van der Waals surface area contributed by atoms with E-state index < -0.39 is 0 Å². The van der Waals surface area contributed by atoms with Crippen LogP contribution in [0.25, 0.3) is 0 Å². The second-order valence-corrected chi connectivity index (χ2v) is 6.83. The van der Waals surface area contributed by atoms with Crippen LogP contribution in [0.1, 0.15) is 38.8 Å². The summed E-state index contributed by atoms with van der Waals surface area (Å²) in [5.41, 5.74) is 0.970. The molecule has 1 aromatic heterocycles. The van der Waals surface area contributed by atoms with Gasteiger partial charge in [-0.3, -0.25) is 9.67 Å². The predicted molar refractivity (Wildman–Crippen MR) is 99.8 cm³/mol. The van der Waals surface area contributed by atoms with Crippen LogP contribution in [0.2, 0.25) is 0 Å². The zero-order valence-electron chi connectivity index (χ0n) is 15.2. The number of hydrogen-bond acceptors (Lipinski definition) is 3. The number of guanidine groups is 1. The largest absolute Gasteiger partial charge is 0.487 e. The van der Waals surface area contributed by atoms with E-state index in [1.807, 2.05) is 29.1 Å². The number of nitrogens with one attached hydrogen (secondary N) is 2. The monoisotopic (exact) mass is 341 g/mol.